The van der Waals surface area contributed by atoms with Crippen molar-refractivity contribution in [2.24, 2.45) is 5.73 Å². The van der Waals surface area contributed by atoms with Crippen LogP contribution in [-0.2, 0) is 0 Å². The summed E-state index contributed by atoms with van der Waals surface area (Å²) in [7, 11) is 0. The van der Waals surface area contributed by atoms with E-state index in [-0.39, 0.29) is 17.6 Å². The number of carbonyl (C=O) groups excluding carboxylic acids is 1. The highest BCUT2D eigenvalue weighted by atomic mass is 19.2. The third-order valence-corrected chi connectivity index (χ3v) is 3.08. The van der Waals surface area contributed by atoms with Crippen LogP contribution in [0.15, 0.2) is 18.2 Å². The van der Waals surface area contributed by atoms with E-state index in [1.54, 1.807) is 0 Å². The van der Waals surface area contributed by atoms with E-state index >= 15 is 0 Å². The van der Waals surface area contributed by atoms with E-state index in [0.29, 0.717) is 0 Å². The Kier molecular flexibility index (Phi) is 3.38. The van der Waals surface area contributed by atoms with Gasteiger partial charge in [0.1, 0.15) is 0 Å². The lowest BCUT2D eigenvalue weighted by Crippen LogP contribution is -2.44. The lowest BCUT2D eigenvalue weighted by molar-refractivity contribution is 0.0929. The van der Waals surface area contributed by atoms with Crippen molar-refractivity contribution in [3.8, 4) is 0 Å². The summed E-state index contributed by atoms with van der Waals surface area (Å²) in [5, 5.41) is 2.64. The van der Waals surface area contributed by atoms with Gasteiger partial charge in [0.2, 0.25) is 0 Å². The standard InChI is InChI=1S/C12H14F2N2O/c13-8-4-1-3-7(11(8)14)12(17)16-10-6-2-5-9(10)15/h1,3-4,9-10H,2,5-6,15H2,(H,16,17). The summed E-state index contributed by atoms with van der Waals surface area (Å²) in [4.78, 5) is 11.7. The minimum atomic E-state index is -1.11. The zero-order chi connectivity index (χ0) is 12.4. The van der Waals surface area contributed by atoms with E-state index in [2.05, 4.69) is 5.32 Å². The molecule has 1 amide bonds. The van der Waals surface area contributed by atoms with Gasteiger partial charge in [0.05, 0.1) is 5.56 Å². The first-order chi connectivity index (χ1) is 8.09. The summed E-state index contributed by atoms with van der Waals surface area (Å²) in [6.07, 6.45) is 2.57. The van der Waals surface area contributed by atoms with Gasteiger partial charge in [-0.1, -0.05) is 6.07 Å². The molecule has 92 valence electrons. The molecule has 0 heterocycles. The van der Waals surface area contributed by atoms with E-state index in [9.17, 15) is 13.6 Å². The molecule has 0 aromatic heterocycles. The number of hydrogen-bond acceptors (Lipinski definition) is 2. The monoisotopic (exact) mass is 240 g/mol. The van der Waals surface area contributed by atoms with Gasteiger partial charge < -0.3 is 11.1 Å². The maximum absolute atomic E-state index is 13.4. The molecule has 1 fully saturated rings. The fraction of sp³-hybridized carbons (Fsp3) is 0.417. The SMILES string of the molecule is NC1CCCC1NC(=O)c1cccc(F)c1F. The molecule has 0 bridgehead atoms. The number of halogens is 2. The van der Waals surface area contributed by atoms with Crippen molar-refractivity contribution in [2.45, 2.75) is 31.3 Å². The Morgan fingerprint density at radius 3 is 2.76 bits per heavy atom. The van der Waals surface area contributed by atoms with E-state index in [1.807, 2.05) is 0 Å². The van der Waals surface area contributed by atoms with Crippen molar-refractivity contribution in [3.05, 3.63) is 35.4 Å². The lowest BCUT2D eigenvalue weighted by atomic mass is 10.1. The molecule has 2 unspecified atom stereocenters. The van der Waals surface area contributed by atoms with Crippen LogP contribution in [0.3, 0.4) is 0 Å². The third-order valence-electron chi connectivity index (χ3n) is 3.08. The second kappa shape index (κ2) is 4.79. The summed E-state index contributed by atoms with van der Waals surface area (Å²) in [5.41, 5.74) is 5.52. The topological polar surface area (TPSA) is 55.1 Å². The maximum atomic E-state index is 13.4. The van der Waals surface area contributed by atoms with Gasteiger partial charge in [0.15, 0.2) is 11.6 Å². The van der Waals surface area contributed by atoms with Crippen LogP contribution in [0.1, 0.15) is 29.6 Å². The first kappa shape index (κ1) is 12.0. The summed E-state index contributed by atoms with van der Waals surface area (Å²) in [5.74, 6) is -2.74. The Bertz CT molecular complexity index is 437. The number of benzene rings is 1. The van der Waals surface area contributed by atoms with Crippen LogP contribution in [-0.4, -0.2) is 18.0 Å². The summed E-state index contributed by atoms with van der Waals surface area (Å²) in [6, 6.07) is 3.30. The smallest absolute Gasteiger partial charge is 0.254 e. The Morgan fingerprint density at radius 1 is 1.35 bits per heavy atom. The van der Waals surface area contributed by atoms with Crippen LogP contribution >= 0.6 is 0 Å². The van der Waals surface area contributed by atoms with Gasteiger partial charge in [0, 0.05) is 12.1 Å². The van der Waals surface area contributed by atoms with Gasteiger partial charge >= 0.3 is 0 Å². The number of nitrogens with two attached hydrogens (primary N) is 1. The van der Waals surface area contributed by atoms with Crippen LogP contribution in [0.5, 0.6) is 0 Å². The van der Waals surface area contributed by atoms with Gasteiger partial charge in [-0.15, -0.1) is 0 Å². The molecule has 0 saturated heterocycles. The molecule has 5 heteroatoms. The molecule has 3 N–H and O–H groups in total. The molecule has 3 nitrogen and oxygen atoms in total. The fourth-order valence-corrected chi connectivity index (χ4v) is 2.09. The van der Waals surface area contributed by atoms with Crippen molar-refractivity contribution >= 4 is 5.91 Å². The highest BCUT2D eigenvalue weighted by Gasteiger charge is 2.26. The average Bonchev–Trinajstić information content (AvgIpc) is 2.68. The van der Waals surface area contributed by atoms with E-state index in [0.717, 1.165) is 25.3 Å². The first-order valence-corrected chi connectivity index (χ1v) is 5.60. The molecule has 17 heavy (non-hydrogen) atoms. The van der Waals surface area contributed by atoms with Crippen LogP contribution in [0.4, 0.5) is 8.78 Å². The predicted molar refractivity (Wildman–Crippen MR) is 59.4 cm³/mol. The summed E-state index contributed by atoms with van der Waals surface area (Å²) >= 11 is 0. The summed E-state index contributed by atoms with van der Waals surface area (Å²) < 4.78 is 26.3. The van der Waals surface area contributed by atoms with E-state index in [1.165, 1.54) is 12.1 Å². The largest absolute Gasteiger partial charge is 0.348 e. The molecule has 0 spiro atoms. The quantitative estimate of drug-likeness (QED) is 0.824. The molecule has 0 aliphatic heterocycles. The van der Waals surface area contributed by atoms with E-state index < -0.39 is 17.5 Å². The Hall–Kier alpha value is -1.49. The Labute approximate surface area is 98.0 Å². The normalized spacial score (nSPS) is 23.7. The molecule has 1 aliphatic carbocycles. The molecule has 1 saturated carbocycles. The molecular formula is C12H14F2N2O. The Morgan fingerprint density at radius 2 is 2.12 bits per heavy atom. The van der Waals surface area contributed by atoms with Crippen LogP contribution in [0.2, 0.25) is 0 Å². The molecule has 2 atom stereocenters. The van der Waals surface area contributed by atoms with Gasteiger partial charge in [-0.3, -0.25) is 4.79 Å². The maximum Gasteiger partial charge on any atom is 0.254 e. The van der Waals surface area contributed by atoms with Crippen molar-refractivity contribution in [2.75, 3.05) is 0 Å². The minimum absolute atomic E-state index is 0.101. The molecule has 1 aromatic carbocycles. The Balaban J connectivity index is 2.12. The minimum Gasteiger partial charge on any atom is -0.348 e. The average molecular weight is 240 g/mol. The van der Waals surface area contributed by atoms with Gasteiger partial charge in [0.25, 0.3) is 5.91 Å². The van der Waals surface area contributed by atoms with Gasteiger partial charge in [-0.2, -0.15) is 0 Å². The van der Waals surface area contributed by atoms with Gasteiger partial charge in [-0.05, 0) is 31.4 Å². The summed E-state index contributed by atoms with van der Waals surface area (Å²) in [6.45, 7) is 0. The van der Waals surface area contributed by atoms with Crippen molar-refractivity contribution < 1.29 is 13.6 Å². The third kappa shape index (κ3) is 2.44. The fourth-order valence-electron chi connectivity index (χ4n) is 2.09. The number of nitrogens with one attached hydrogen (secondary N) is 1. The second-order valence-electron chi connectivity index (χ2n) is 4.28. The molecule has 0 radical (unpaired) electrons. The van der Waals surface area contributed by atoms with Crippen LogP contribution in [0, 0.1) is 11.6 Å². The highest BCUT2D eigenvalue weighted by molar-refractivity contribution is 5.94. The number of hydrogen-bond donors (Lipinski definition) is 2. The first-order valence-electron chi connectivity index (χ1n) is 5.60. The predicted octanol–water partition coefficient (Wildman–Crippen LogP) is 1.57. The second-order valence-corrected chi connectivity index (χ2v) is 4.28. The zero-order valence-electron chi connectivity index (χ0n) is 9.25. The number of rotatable bonds is 2. The van der Waals surface area contributed by atoms with E-state index in [4.69, 9.17) is 5.73 Å². The lowest BCUT2D eigenvalue weighted by Gasteiger charge is -2.17. The molecule has 1 aromatic rings. The van der Waals surface area contributed by atoms with Crippen LogP contribution in [0.25, 0.3) is 0 Å². The highest BCUT2D eigenvalue weighted by Crippen LogP contribution is 2.18. The zero-order valence-corrected chi connectivity index (χ0v) is 9.25. The molecule has 2 rings (SSSR count). The van der Waals surface area contributed by atoms with Crippen molar-refractivity contribution in [1.29, 1.82) is 0 Å². The van der Waals surface area contributed by atoms with Crippen LogP contribution < -0.4 is 11.1 Å². The van der Waals surface area contributed by atoms with Gasteiger partial charge in [-0.25, -0.2) is 8.78 Å². The number of amides is 1. The molecular weight excluding hydrogens is 226 g/mol. The van der Waals surface area contributed by atoms with Crippen molar-refractivity contribution in [3.63, 3.8) is 0 Å². The van der Waals surface area contributed by atoms with Crippen molar-refractivity contribution in [1.82, 2.24) is 5.32 Å². The number of carbonyl (C=O) groups is 1. The molecule has 1 aliphatic rings.